The summed E-state index contributed by atoms with van der Waals surface area (Å²) in [5.74, 6) is -0.805. The highest BCUT2D eigenvalue weighted by Gasteiger charge is 2.33. The quantitative estimate of drug-likeness (QED) is 0.222. The van der Waals surface area contributed by atoms with Crippen LogP contribution in [0.1, 0.15) is 56.9 Å². The van der Waals surface area contributed by atoms with E-state index in [1.807, 2.05) is 58.0 Å². The molecule has 0 bridgehead atoms. The van der Waals surface area contributed by atoms with Crippen LogP contribution >= 0.6 is 22.9 Å². The standard InChI is InChI=1S/C39H38ClN3O3S/c1-21-18-31-36(33(24-7-10-27(40)11-8-24)32(21)35(38(44)45)46-39(3,4)5)47-37(42-31)25-9-12-30-28(19-25)29-20-26(17-22(2)34(29)41-30)23-13-15-43(6)16-14-23/h7-13,17-20,22,35H,14-16H2,1-6H3,(H,44,45). The molecule has 0 saturated carbocycles. The van der Waals surface area contributed by atoms with Crippen molar-refractivity contribution in [3.63, 3.8) is 0 Å². The van der Waals surface area contributed by atoms with Crippen molar-refractivity contribution >= 4 is 56.1 Å². The van der Waals surface area contributed by atoms with Crippen LogP contribution in [0.5, 0.6) is 0 Å². The molecule has 2 atom stereocenters. The van der Waals surface area contributed by atoms with Crippen LogP contribution in [0.2, 0.25) is 5.02 Å². The second-order valence-corrected chi connectivity index (χ2v) is 15.2. The zero-order valence-electron chi connectivity index (χ0n) is 27.5. The lowest BCUT2D eigenvalue weighted by atomic mass is 9.83. The zero-order chi connectivity index (χ0) is 33.2. The number of halogens is 1. The number of rotatable bonds is 6. The van der Waals surface area contributed by atoms with Gasteiger partial charge in [0.2, 0.25) is 0 Å². The number of ether oxygens (including phenoxy) is 1. The third-order valence-corrected chi connectivity index (χ3v) is 10.4. The van der Waals surface area contributed by atoms with Crippen molar-refractivity contribution in [2.45, 2.75) is 52.7 Å². The summed E-state index contributed by atoms with van der Waals surface area (Å²) in [4.78, 5) is 25.3. The molecular weight excluding hydrogens is 626 g/mol. The number of likely N-dealkylation sites (N-methyl/N-ethyl adjacent to an activating group) is 1. The van der Waals surface area contributed by atoms with Crippen molar-refractivity contribution in [1.82, 2.24) is 9.88 Å². The van der Waals surface area contributed by atoms with E-state index in [4.69, 9.17) is 26.3 Å². The molecule has 1 N–H and O–H groups in total. The largest absolute Gasteiger partial charge is 0.479 e. The van der Waals surface area contributed by atoms with Crippen molar-refractivity contribution in [3.05, 3.63) is 99.6 Å². The third kappa shape index (κ3) is 6.02. The number of nitrogens with zero attached hydrogens (tertiary/aromatic N) is 3. The molecule has 2 aliphatic heterocycles. The predicted octanol–water partition coefficient (Wildman–Crippen LogP) is 9.84. The van der Waals surface area contributed by atoms with Crippen LogP contribution in [0.25, 0.3) is 37.5 Å². The summed E-state index contributed by atoms with van der Waals surface area (Å²) in [6.07, 6.45) is 6.91. The lowest BCUT2D eigenvalue weighted by Crippen LogP contribution is -2.28. The number of aryl methyl sites for hydroxylation is 1. The second kappa shape index (κ2) is 12.0. The average molecular weight is 664 g/mol. The lowest BCUT2D eigenvalue weighted by molar-refractivity contribution is -0.160. The summed E-state index contributed by atoms with van der Waals surface area (Å²) in [5, 5.41) is 11.9. The topological polar surface area (TPSA) is 75.0 Å². The maximum atomic E-state index is 12.7. The number of carboxylic acids is 1. The minimum atomic E-state index is -1.16. The Morgan fingerprint density at radius 3 is 2.55 bits per heavy atom. The number of allylic oxidation sites excluding steroid dienone is 4. The van der Waals surface area contributed by atoms with Crippen LogP contribution in [0, 0.1) is 12.8 Å². The Morgan fingerprint density at radius 1 is 1.13 bits per heavy atom. The van der Waals surface area contributed by atoms with Gasteiger partial charge in [-0.15, -0.1) is 11.3 Å². The van der Waals surface area contributed by atoms with E-state index in [9.17, 15) is 9.90 Å². The van der Waals surface area contributed by atoms with Crippen molar-refractivity contribution in [2.75, 3.05) is 20.1 Å². The second-order valence-electron chi connectivity index (χ2n) is 13.7. The molecule has 1 aromatic heterocycles. The molecule has 3 aliphatic rings. The van der Waals surface area contributed by atoms with E-state index < -0.39 is 17.7 Å². The molecule has 8 heteroatoms. The van der Waals surface area contributed by atoms with Crippen molar-refractivity contribution in [1.29, 1.82) is 0 Å². The van der Waals surface area contributed by atoms with E-state index in [0.717, 1.165) is 74.0 Å². The molecule has 240 valence electrons. The summed E-state index contributed by atoms with van der Waals surface area (Å²) in [6.45, 7) is 11.8. The molecule has 7 rings (SSSR count). The highest BCUT2D eigenvalue weighted by atomic mass is 35.5. The van der Waals surface area contributed by atoms with Gasteiger partial charge in [0.1, 0.15) is 5.01 Å². The number of carbonyl (C=O) groups is 1. The fraction of sp³-hybridized carbons (Fsp3) is 0.308. The molecule has 4 aromatic rings. The van der Waals surface area contributed by atoms with Gasteiger partial charge in [0.25, 0.3) is 0 Å². The van der Waals surface area contributed by atoms with E-state index in [-0.39, 0.29) is 5.92 Å². The van der Waals surface area contributed by atoms with Gasteiger partial charge in [-0.2, -0.15) is 0 Å². The number of benzene rings is 3. The highest BCUT2D eigenvalue weighted by Crippen LogP contribution is 2.47. The summed E-state index contributed by atoms with van der Waals surface area (Å²) in [6, 6.07) is 15.9. The maximum Gasteiger partial charge on any atom is 0.337 e. The Labute approximate surface area is 284 Å². The van der Waals surface area contributed by atoms with E-state index in [2.05, 4.69) is 55.3 Å². The molecule has 0 saturated heterocycles. The first-order valence-corrected chi connectivity index (χ1v) is 17.2. The molecule has 3 heterocycles. The fourth-order valence-corrected chi connectivity index (χ4v) is 8.00. The minimum Gasteiger partial charge on any atom is -0.479 e. The minimum absolute atomic E-state index is 0.227. The number of fused-ring (bicyclic) bond motifs is 4. The normalized spacial score (nSPS) is 18.7. The number of aromatic nitrogens is 1. The fourth-order valence-electron chi connectivity index (χ4n) is 6.76. The maximum absolute atomic E-state index is 12.7. The number of carboxylic acid groups (broad SMARTS) is 1. The average Bonchev–Trinajstić information content (AvgIpc) is 3.61. The van der Waals surface area contributed by atoms with Crippen LogP contribution in [-0.4, -0.2) is 52.4 Å². The van der Waals surface area contributed by atoms with Crippen molar-refractivity contribution < 1.29 is 14.6 Å². The predicted molar refractivity (Wildman–Crippen MR) is 194 cm³/mol. The van der Waals surface area contributed by atoms with Crippen LogP contribution in [0.4, 0.5) is 5.69 Å². The summed E-state index contributed by atoms with van der Waals surface area (Å²) in [7, 11) is 2.16. The molecule has 0 radical (unpaired) electrons. The monoisotopic (exact) mass is 663 g/mol. The first-order chi connectivity index (χ1) is 22.4. The first-order valence-electron chi connectivity index (χ1n) is 16.0. The van der Waals surface area contributed by atoms with Crippen LogP contribution in [0.3, 0.4) is 0 Å². The summed E-state index contributed by atoms with van der Waals surface area (Å²) in [5.41, 5.74) is 11.4. The smallest absolute Gasteiger partial charge is 0.337 e. The number of thiazole rings is 1. The Hall–Kier alpha value is -3.88. The van der Waals surface area contributed by atoms with Gasteiger partial charge in [0, 0.05) is 51.9 Å². The van der Waals surface area contributed by atoms with Gasteiger partial charge in [0.05, 0.1) is 27.2 Å². The molecule has 3 aromatic carbocycles. The molecular formula is C39H38ClN3O3S. The van der Waals surface area contributed by atoms with Crippen LogP contribution in [-0.2, 0) is 9.53 Å². The van der Waals surface area contributed by atoms with E-state index >= 15 is 0 Å². The summed E-state index contributed by atoms with van der Waals surface area (Å²) < 4.78 is 7.10. The molecule has 0 amide bonds. The molecule has 0 spiro atoms. The van der Waals surface area contributed by atoms with Gasteiger partial charge in [-0.25, -0.2) is 9.78 Å². The van der Waals surface area contributed by atoms with Crippen LogP contribution < -0.4 is 0 Å². The summed E-state index contributed by atoms with van der Waals surface area (Å²) >= 11 is 7.85. The Balaban J connectivity index is 1.35. The SMILES string of the molecule is Cc1cc2nc(-c3ccc4c(c3)C3=CC(C5=CCN(C)CC5)=CC(C)C3=N4)sc2c(-c2ccc(Cl)cc2)c1C(OC(C)(C)C)C(=O)O. The first kappa shape index (κ1) is 31.7. The van der Waals surface area contributed by atoms with E-state index in [1.54, 1.807) is 11.3 Å². The molecule has 47 heavy (non-hydrogen) atoms. The number of aliphatic imine (C=N–C) groups is 1. The van der Waals surface area contributed by atoms with Crippen LogP contribution in [0.15, 0.2) is 82.9 Å². The lowest BCUT2D eigenvalue weighted by Gasteiger charge is -2.28. The zero-order valence-corrected chi connectivity index (χ0v) is 29.1. The van der Waals surface area contributed by atoms with Gasteiger partial charge in [-0.05, 0) is 106 Å². The van der Waals surface area contributed by atoms with E-state index in [0.29, 0.717) is 10.6 Å². The van der Waals surface area contributed by atoms with E-state index in [1.165, 1.54) is 16.7 Å². The van der Waals surface area contributed by atoms with Gasteiger partial charge in [-0.1, -0.05) is 42.8 Å². The third-order valence-electron chi connectivity index (χ3n) is 9.01. The molecule has 6 nitrogen and oxygen atoms in total. The van der Waals surface area contributed by atoms with Crippen molar-refractivity contribution in [3.8, 4) is 21.7 Å². The Kier molecular flexibility index (Phi) is 8.08. The number of hydrogen-bond acceptors (Lipinski definition) is 6. The Bertz CT molecular complexity index is 2060. The number of hydrogen-bond donors (Lipinski definition) is 1. The van der Waals surface area contributed by atoms with Gasteiger partial charge >= 0.3 is 5.97 Å². The van der Waals surface area contributed by atoms with Crippen molar-refractivity contribution in [2.24, 2.45) is 10.9 Å². The highest BCUT2D eigenvalue weighted by molar-refractivity contribution is 7.22. The van der Waals surface area contributed by atoms with Gasteiger partial charge in [0.15, 0.2) is 6.10 Å². The molecule has 1 aliphatic carbocycles. The Morgan fingerprint density at radius 2 is 1.87 bits per heavy atom. The molecule has 2 unspecified atom stereocenters. The van der Waals surface area contributed by atoms with Gasteiger partial charge < -0.3 is 14.7 Å². The van der Waals surface area contributed by atoms with Gasteiger partial charge in [-0.3, -0.25) is 4.99 Å². The number of aliphatic carboxylic acids is 1. The molecule has 0 fully saturated rings.